The number of halogens is 1. The first-order valence-corrected chi connectivity index (χ1v) is 11.6. The standard InChI is InChI=1S/C24H25FN9O2/c1-23(2,3)16-12-17(14-6-8-15(25)9-7-14)27-33-13-18-20(35)32-11-10-31(22-26-29-30(5)28-22)21(36)24(32,4)34(18)19(16)33/h6-9,12-13H,10-11H2,1-5H3/q+1. The zero-order valence-corrected chi connectivity index (χ0v) is 20.6. The highest BCUT2D eigenvalue weighted by Gasteiger charge is 2.62. The van der Waals surface area contributed by atoms with Gasteiger partial charge in [-0.3, -0.25) is 19.4 Å². The monoisotopic (exact) mass is 490 g/mol. The Kier molecular flexibility index (Phi) is 4.42. The molecule has 3 aromatic heterocycles. The molecule has 4 aromatic rings. The van der Waals surface area contributed by atoms with Crippen LogP contribution in [0.25, 0.3) is 16.9 Å². The predicted molar refractivity (Wildman–Crippen MR) is 125 cm³/mol. The second-order valence-electron chi connectivity index (χ2n) is 10.3. The summed E-state index contributed by atoms with van der Waals surface area (Å²) in [5.74, 6) is -0.704. The molecule has 5 heterocycles. The highest BCUT2D eigenvalue weighted by Crippen LogP contribution is 2.36. The van der Waals surface area contributed by atoms with Crippen molar-refractivity contribution in [2.45, 2.75) is 38.8 Å². The van der Waals surface area contributed by atoms with E-state index in [0.717, 1.165) is 11.1 Å². The number of imidazole rings is 1. The lowest BCUT2D eigenvalue weighted by molar-refractivity contribution is -0.731. The van der Waals surface area contributed by atoms with Crippen molar-refractivity contribution in [3.8, 4) is 11.3 Å². The molecule has 0 bridgehead atoms. The Bertz CT molecular complexity index is 1570. The Labute approximate surface area is 205 Å². The number of anilines is 1. The molecule has 6 rings (SSSR count). The molecular formula is C24H25FN9O2+. The van der Waals surface area contributed by atoms with Crippen LogP contribution in [0, 0.1) is 5.82 Å². The van der Waals surface area contributed by atoms with E-state index in [-0.39, 0.29) is 35.5 Å². The topological polar surface area (TPSA) is 105 Å². The lowest BCUT2D eigenvalue weighted by atomic mass is 9.87. The van der Waals surface area contributed by atoms with E-state index in [9.17, 15) is 14.0 Å². The molecule has 2 aliphatic heterocycles. The number of tetrazole rings is 1. The predicted octanol–water partition coefficient (Wildman–Crippen LogP) is 1.42. The van der Waals surface area contributed by atoms with E-state index in [1.165, 1.54) is 21.8 Å². The fourth-order valence-electron chi connectivity index (χ4n) is 5.14. The van der Waals surface area contributed by atoms with E-state index in [1.807, 2.05) is 6.07 Å². The average molecular weight is 491 g/mol. The maximum atomic E-state index is 14.0. The molecule has 0 spiro atoms. The molecule has 12 heteroatoms. The van der Waals surface area contributed by atoms with Gasteiger partial charge in [0.05, 0.1) is 12.6 Å². The fourth-order valence-corrected chi connectivity index (χ4v) is 5.14. The van der Waals surface area contributed by atoms with Crippen molar-refractivity contribution in [3.63, 3.8) is 0 Å². The van der Waals surface area contributed by atoms with Crippen LogP contribution in [0.2, 0.25) is 0 Å². The molecule has 0 saturated carbocycles. The third kappa shape index (κ3) is 2.93. The van der Waals surface area contributed by atoms with Gasteiger partial charge in [-0.2, -0.15) is 9.36 Å². The summed E-state index contributed by atoms with van der Waals surface area (Å²) in [7, 11) is 1.63. The number of carbonyl (C=O) groups is 2. The maximum Gasteiger partial charge on any atom is 0.314 e. The summed E-state index contributed by atoms with van der Waals surface area (Å²) in [6, 6.07) is 8.07. The third-order valence-electron chi connectivity index (χ3n) is 6.96. The van der Waals surface area contributed by atoms with Gasteiger partial charge in [-0.15, -0.1) is 5.10 Å². The number of piperazine rings is 1. The number of nitrogens with zero attached hydrogens (tertiary/aromatic N) is 9. The molecule has 11 nitrogen and oxygen atoms in total. The number of aryl methyl sites for hydroxylation is 1. The van der Waals surface area contributed by atoms with Gasteiger partial charge >= 0.3 is 11.6 Å². The van der Waals surface area contributed by atoms with Gasteiger partial charge in [0.15, 0.2) is 6.20 Å². The Hall–Kier alpha value is -4.22. The van der Waals surface area contributed by atoms with E-state index < -0.39 is 5.66 Å². The number of hydrogen-bond acceptors (Lipinski definition) is 6. The number of benzene rings is 1. The van der Waals surface area contributed by atoms with E-state index in [2.05, 4.69) is 36.2 Å². The largest absolute Gasteiger partial charge is 0.314 e. The van der Waals surface area contributed by atoms with Crippen LogP contribution in [0.3, 0.4) is 0 Å². The van der Waals surface area contributed by atoms with Crippen LogP contribution in [-0.2, 0) is 22.9 Å². The number of rotatable bonds is 2. The molecule has 184 valence electrons. The van der Waals surface area contributed by atoms with Gasteiger partial charge in [0.1, 0.15) is 11.5 Å². The lowest BCUT2D eigenvalue weighted by Crippen LogP contribution is -2.72. The van der Waals surface area contributed by atoms with Crippen LogP contribution >= 0.6 is 0 Å². The number of fused-ring (bicyclic) bond motifs is 5. The Balaban J connectivity index is 1.59. The molecule has 36 heavy (non-hydrogen) atoms. The van der Waals surface area contributed by atoms with Crippen LogP contribution in [0.15, 0.2) is 36.5 Å². The number of carbonyl (C=O) groups excluding carboxylic acids is 2. The summed E-state index contributed by atoms with van der Waals surface area (Å²) in [4.78, 5) is 31.9. The highest BCUT2D eigenvalue weighted by atomic mass is 19.1. The molecule has 0 radical (unpaired) electrons. The Morgan fingerprint density at radius 1 is 1.08 bits per heavy atom. The van der Waals surface area contributed by atoms with Crippen molar-refractivity contribution < 1.29 is 18.5 Å². The minimum absolute atomic E-state index is 0.196. The molecule has 2 aliphatic rings. The minimum Gasteiger partial charge on any atom is -0.284 e. The zero-order valence-electron chi connectivity index (χ0n) is 20.6. The van der Waals surface area contributed by atoms with Crippen LogP contribution in [-0.4, -0.2) is 59.6 Å². The molecular weight excluding hydrogens is 465 g/mol. The fraction of sp³-hybridized carbons (Fsp3) is 0.375. The van der Waals surface area contributed by atoms with Crippen LogP contribution in [0.5, 0.6) is 0 Å². The maximum absolute atomic E-state index is 14.0. The van der Waals surface area contributed by atoms with Crippen molar-refractivity contribution in [2.75, 3.05) is 18.0 Å². The summed E-state index contributed by atoms with van der Waals surface area (Å²) in [5, 5.41) is 16.8. The van der Waals surface area contributed by atoms with E-state index in [0.29, 0.717) is 23.6 Å². The van der Waals surface area contributed by atoms with Crippen molar-refractivity contribution >= 4 is 23.4 Å². The van der Waals surface area contributed by atoms with Crippen LogP contribution in [0.1, 0.15) is 43.7 Å². The SMILES string of the molecule is Cn1nnc(N2CCN3C(=O)c4cn5nc(-c6ccc(F)cc6)cc(C(C)(C)C)c5[n+]4C3(C)C2=O)n1. The highest BCUT2D eigenvalue weighted by molar-refractivity contribution is 6.04. The van der Waals surface area contributed by atoms with E-state index in [4.69, 9.17) is 5.10 Å². The van der Waals surface area contributed by atoms with Gasteiger partial charge in [-0.05, 0) is 41.0 Å². The van der Waals surface area contributed by atoms with Gasteiger partial charge in [0, 0.05) is 25.6 Å². The van der Waals surface area contributed by atoms with Crippen molar-refractivity contribution in [1.29, 1.82) is 0 Å². The smallest absolute Gasteiger partial charge is 0.284 e. The summed E-state index contributed by atoms with van der Waals surface area (Å²) in [6.45, 7) is 8.51. The van der Waals surface area contributed by atoms with Gasteiger partial charge < -0.3 is 0 Å². The summed E-state index contributed by atoms with van der Waals surface area (Å²) >= 11 is 0. The van der Waals surface area contributed by atoms with Crippen molar-refractivity contribution in [3.05, 3.63) is 53.6 Å². The molecule has 1 unspecified atom stereocenters. The quantitative estimate of drug-likeness (QED) is 0.394. The zero-order chi connectivity index (χ0) is 25.6. The number of aromatic nitrogens is 7. The van der Waals surface area contributed by atoms with Crippen molar-refractivity contribution in [1.82, 2.24) is 34.7 Å². The molecule has 0 aliphatic carbocycles. The lowest BCUT2D eigenvalue weighted by Gasteiger charge is -2.39. The normalized spacial score (nSPS) is 19.8. The second-order valence-corrected chi connectivity index (χ2v) is 10.3. The molecule has 0 N–H and O–H groups in total. The average Bonchev–Trinajstić information content (AvgIpc) is 3.48. The Morgan fingerprint density at radius 3 is 2.44 bits per heavy atom. The number of amides is 2. The molecule has 2 amide bonds. The van der Waals surface area contributed by atoms with Gasteiger partial charge in [-0.1, -0.05) is 35.5 Å². The molecule has 1 aromatic carbocycles. The van der Waals surface area contributed by atoms with Gasteiger partial charge in [-0.25, -0.2) is 4.39 Å². The molecule has 1 atom stereocenters. The summed E-state index contributed by atoms with van der Waals surface area (Å²) < 4.78 is 17.0. The third-order valence-corrected chi connectivity index (χ3v) is 6.96. The summed E-state index contributed by atoms with van der Waals surface area (Å²) in [6.07, 6.45) is 1.67. The minimum atomic E-state index is -1.34. The molecule has 1 fully saturated rings. The van der Waals surface area contributed by atoms with E-state index >= 15 is 0 Å². The summed E-state index contributed by atoms with van der Waals surface area (Å²) in [5.41, 5.74) is 1.58. The van der Waals surface area contributed by atoms with Crippen LogP contribution in [0.4, 0.5) is 10.3 Å². The Morgan fingerprint density at radius 2 is 1.81 bits per heavy atom. The van der Waals surface area contributed by atoms with E-state index in [1.54, 1.807) is 46.3 Å². The first kappa shape index (κ1) is 22.3. The van der Waals surface area contributed by atoms with Gasteiger partial charge in [0.25, 0.3) is 17.5 Å². The van der Waals surface area contributed by atoms with Crippen molar-refractivity contribution in [2.24, 2.45) is 7.05 Å². The number of hydrogen-bond donors (Lipinski definition) is 0. The van der Waals surface area contributed by atoms with Crippen LogP contribution < -0.4 is 9.47 Å². The van der Waals surface area contributed by atoms with Gasteiger partial charge in [0.2, 0.25) is 5.69 Å². The second kappa shape index (κ2) is 7.15. The first-order valence-electron chi connectivity index (χ1n) is 11.6. The first-order chi connectivity index (χ1) is 17.0. The molecule has 1 saturated heterocycles.